The zero-order valence-electron chi connectivity index (χ0n) is 13.3. The zero-order valence-corrected chi connectivity index (χ0v) is 14.9. The van der Waals surface area contributed by atoms with E-state index in [9.17, 15) is 0 Å². The number of H-pyrrole nitrogens is 1. The topological polar surface area (TPSA) is 27.8 Å². The third-order valence-electron chi connectivity index (χ3n) is 4.92. The molecule has 118 valence electrons. The van der Waals surface area contributed by atoms with Gasteiger partial charge in [-0.2, -0.15) is 0 Å². The highest BCUT2D eigenvalue weighted by Gasteiger charge is 2.25. The molecule has 0 saturated carbocycles. The minimum absolute atomic E-state index is 0.352. The molecule has 0 bridgehead atoms. The van der Waals surface area contributed by atoms with Crippen molar-refractivity contribution in [2.75, 3.05) is 0 Å². The lowest BCUT2D eigenvalue weighted by Gasteiger charge is -2.27. The van der Waals surface area contributed by atoms with Gasteiger partial charge in [-0.15, -0.1) is 0 Å². The van der Waals surface area contributed by atoms with Crippen LogP contribution in [0.15, 0.2) is 53.0 Å². The van der Waals surface area contributed by atoms with E-state index in [-0.39, 0.29) is 0 Å². The molecule has 4 rings (SSSR count). The predicted molar refractivity (Wildman–Crippen MR) is 99.7 cm³/mol. The molecule has 0 aliphatic heterocycles. The molecule has 1 heterocycles. The average Bonchev–Trinajstić information content (AvgIpc) is 2.95. The monoisotopic (exact) mass is 368 g/mol. The fourth-order valence-corrected chi connectivity index (χ4v) is 4.10. The molecule has 0 fully saturated rings. The molecule has 0 radical (unpaired) electrons. The predicted octanol–water partition coefficient (Wildman–Crippen LogP) is 5.66. The van der Waals surface area contributed by atoms with E-state index >= 15 is 0 Å². The summed E-state index contributed by atoms with van der Waals surface area (Å²) >= 11 is 3.60. The molecule has 3 heteroatoms. The Morgan fingerprint density at radius 2 is 2.00 bits per heavy atom. The Hall–Kier alpha value is -1.58. The first-order valence-corrected chi connectivity index (χ1v) is 9.12. The summed E-state index contributed by atoms with van der Waals surface area (Å²) in [5.41, 5.74) is 5.47. The maximum absolute atomic E-state index is 3.82. The van der Waals surface area contributed by atoms with Crippen LogP contribution in [0.2, 0.25) is 0 Å². The molecule has 2 aromatic carbocycles. The Kier molecular flexibility index (Phi) is 4.00. The van der Waals surface area contributed by atoms with Crippen LogP contribution in [-0.2, 0) is 6.42 Å². The van der Waals surface area contributed by atoms with Crippen molar-refractivity contribution < 1.29 is 0 Å². The van der Waals surface area contributed by atoms with Crippen molar-refractivity contribution in [2.45, 2.75) is 38.3 Å². The van der Waals surface area contributed by atoms with Gasteiger partial charge in [0.25, 0.3) is 0 Å². The second-order valence-electron chi connectivity index (χ2n) is 6.45. The molecule has 2 nitrogen and oxygen atoms in total. The normalized spacial score (nSPS) is 18.8. The van der Waals surface area contributed by atoms with Gasteiger partial charge in [0, 0.05) is 33.2 Å². The summed E-state index contributed by atoms with van der Waals surface area (Å²) in [4.78, 5) is 3.67. The molecule has 2 atom stereocenters. The van der Waals surface area contributed by atoms with E-state index in [4.69, 9.17) is 0 Å². The summed E-state index contributed by atoms with van der Waals surface area (Å²) in [5.74, 6) is 0. The first-order chi connectivity index (χ1) is 11.2. The molecule has 23 heavy (non-hydrogen) atoms. The van der Waals surface area contributed by atoms with Crippen LogP contribution in [0.3, 0.4) is 0 Å². The van der Waals surface area contributed by atoms with Crippen LogP contribution < -0.4 is 5.32 Å². The van der Waals surface area contributed by atoms with E-state index in [1.165, 1.54) is 47.0 Å². The van der Waals surface area contributed by atoms with Gasteiger partial charge >= 0.3 is 0 Å². The number of hydrogen-bond donors (Lipinski definition) is 2. The molecule has 3 aromatic rings. The van der Waals surface area contributed by atoms with E-state index in [0.29, 0.717) is 12.1 Å². The summed E-state index contributed by atoms with van der Waals surface area (Å²) in [6.07, 6.45) is 3.60. The summed E-state index contributed by atoms with van der Waals surface area (Å²) < 4.78 is 1.15. The van der Waals surface area contributed by atoms with Crippen LogP contribution in [0.4, 0.5) is 0 Å². The number of nitrogens with one attached hydrogen (secondary N) is 2. The van der Waals surface area contributed by atoms with Crippen LogP contribution in [0.5, 0.6) is 0 Å². The molecular formula is C20H21BrN2. The Balaban J connectivity index is 1.66. The minimum Gasteiger partial charge on any atom is -0.357 e. The van der Waals surface area contributed by atoms with Crippen molar-refractivity contribution in [3.05, 3.63) is 69.8 Å². The lowest BCUT2D eigenvalue weighted by Crippen LogP contribution is -2.27. The number of hydrogen-bond acceptors (Lipinski definition) is 1. The maximum Gasteiger partial charge on any atom is 0.0480 e. The Morgan fingerprint density at radius 3 is 2.83 bits per heavy atom. The molecule has 0 spiro atoms. The second-order valence-corrected chi connectivity index (χ2v) is 7.37. The van der Waals surface area contributed by atoms with Gasteiger partial charge in [0.1, 0.15) is 0 Å². The van der Waals surface area contributed by atoms with E-state index in [1.54, 1.807) is 0 Å². The number of aromatic amines is 1. The van der Waals surface area contributed by atoms with Gasteiger partial charge in [0.2, 0.25) is 0 Å². The molecule has 0 amide bonds. The third-order valence-corrected chi connectivity index (χ3v) is 5.41. The van der Waals surface area contributed by atoms with Gasteiger partial charge in [-0.3, -0.25) is 0 Å². The largest absolute Gasteiger partial charge is 0.357 e. The smallest absolute Gasteiger partial charge is 0.0480 e. The van der Waals surface area contributed by atoms with E-state index in [2.05, 4.69) is 81.7 Å². The molecule has 1 aromatic heterocycles. The molecule has 0 unspecified atom stereocenters. The van der Waals surface area contributed by atoms with Crippen LogP contribution in [0, 0.1) is 0 Å². The van der Waals surface area contributed by atoms with Crippen molar-refractivity contribution in [3.8, 4) is 0 Å². The maximum atomic E-state index is 3.82. The van der Waals surface area contributed by atoms with Gasteiger partial charge < -0.3 is 10.3 Å². The molecule has 2 N–H and O–H groups in total. The number of fused-ring (bicyclic) bond motifs is 3. The first kappa shape index (κ1) is 15.0. The van der Waals surface area contributed by atoms with Gasteiger partial charge in [-0.25, -0.2) is 0 Å². The molecule has 1 aliphatic carbocycles. The summed E-state index contributed by atoms with van der Waals surface area (Å²) in [7, 11) is 0. The Bertz CT molecular complexity index is 822. The van der Waals surface area contributed by atoms with E-state index < -0.39 is 0 Å². The number of benzene rings is 2. The fourth-order valence-electron chi connectivity index (χ4n) is 3.74. The van der Waals surface area contributed by atoms with Crippen molar-refractivity contribution in [1.82, 2.24) is 10.3 Å². The highest BCUT2D eigenvalue weighted by molar-refractivity contribution is 9.10. The lowest BCUT2D eigenvalue weighted by molar-refractivity contribution is 0.410. The van der Waals surface area contributed by atoms with Gasteiger partial charge in [-0.1, -0.05) is 46.3 Å². The molecular weight excluding hydrogens is 348 g/mol. The number of aromatic nitrogens is 1. The van der Waals surface area contributed by atoms with Crippen LogP contribution >= 0.6 is 15.9 Å². The van der Waals surface area contributed by atoms with Gasteiger partial charge in [0.15, 0.2) is 0 Å². The van der Waals surface area contributed by atoms with Gasteiger partial charge in [0.05, 0.1) is 0 Å². The molecule has 1 aliphatic rings. The van der Waals surface area contributed by atoms with Crippen molar-refractivity contribution >= 4 is 26.8 Å². The average molecular weight is 369 g/mol. The second kappa shape index (κ2) is 6.14. The Morgan fingerprint density at radius 1 is 1.17 bits per heavy atom. The summed E-state index contributed by atoms with van der Waals surface area (Å²) in [5, 5.41) is 5.19. The number of halogens is 1. The summed E-state index contributed by atoms with van der Waals surface area (Å²) in [6, 6.07) is 18.0. The van der Waals surface area contributed by atoms with E-state index in [1.807, 2.05) is 0 Å². The minimum atomic E-state index is 0.352. The van der Waals surface area contributed by atoms with Crippen molar-refractivity contribution in [3.63, 3.8) is 0 Å². The van der Waals surface area contributed by atoms with Crippen LogP contribution in [0.1, 0.15) is 48.7 Å². The van der Waals surface area contributed by atoms with Crippen molar-refractivity contribution in [2.24, 2.45) is 0 Å². The third kappa shape index (κ3) is 2.84. The molecule has 0 saturated heterocycles. The SMILES string of the molecule is C[C@H](N[C@H]1CCCc2c1[nH]c1ccc(Br)cc21)c1ccccc1. The first-order valence-electron chi connectivity index (χ1n) is 8.33. The number of aryl methyl sites for hydroxylation is 1. The summed E-state index contributed by atoms with van der Waals surface area (Å²) in [6.45, 7) is 2.25. The quantitative estimate of drug-likeness (QED) is 0.613. The fraction of sp³-hybridized carbons (Fsp3) is 0.300. The highest BCUT2D eigenvalue weighted by atomic mass is 79.9. The number of rotatable bonds is 3. The zero-order chi connectivity index (χ0) is 15.8. The van der Waals surface area contributed by atoms with Gasteiger partial charge in [-0.05, 0) is 55.5 Å². The lowest BCUT2D eigenvalue weighted by atomic mass is 9.91. The van der Waals surface area contributed by atoms with Crippen LogP contribution in [0.25, 0.3) is 10.9 Å². The standard InChI is InChI=1S/C20H21BrN2/c1-13(14-6-3-2-4-7-14)22-19-9-5-8-16-17-12-15(21)10-11-18(17)23-20(16)19/h2-4,6-7,10-13,19,22-23H,5,8-9H2,1H3/t13-,19-/m0/s1. The van der Waals surface area contributed by atoms with Crippen molar-refractivity contribution in [1.29, 1.82) is 0 Å². The Labute approximate surface area is 145 Å². The van der Waals surface area contributed by atoms with E-state index in [0.717, 1.165) is 4.47 Å². The highest BCUT2D eigenvalue weighted by Crippen LogP contribution is 2.36. The van der Waals surface area contributed by atoms with Crippen LogP contribution in [-0.4, -0.2) is 4.98 Å².